The zero-order chi connectivity index (χ0) is 7.40. The van der Waals surface area contributed by atoms with Gasteiger partial charge in [-0.3, -0.25) is 0 Å². The Kier molecular flexibility index (Phi) is 5.65. The SMILES string of the molecule is CCc1ccc([N-]C)cc1.[Na+]. The van der Waals surface area contributed by atoms with Crippen LogP contribution < -0.4 is 29.6 Å². The summed E-state index contributed by atoms with van der Waals surface area (Å²) in [5, 5.41) is 4.05. The molecular weight excluding hydrogens is 145 g/mol. The molecule has 0 amide bonds. The minimum Gasteiger partial charge on any atom is -0.687 e. The minimum absolute atomic E-state index is 0. The average molecular weight is 157 g/mol. The van der Waals surface area contributed by atoms with Crippen LogP contribution in [0.25, 0.3) is 5.32 Å². The van der Waals surface area contributed by atoms with Crippen LogP contribution in [-0.2, 0) is 6.42 Å². The molecule has 0 aliphatic heterocycles. The third-order valence-electron chi connectivity index (χ3n) is 1.60. The van der Waals surface area contributed by atoms with E-state index in [-0.39, 0.29) is 29.6 Å². The van der Waals surface area contributed by atoms with Crippen molar-refractivity contribution in [1.82, 2.24) is 0 Å². The topological polar surface area (TPSA) is 14.1 Å². The van der Waals surface area contributed by atoms with Crippen molar-refractivity contribution in [2.75, 3.05) is 7.05 Å². The molecule has 11 heavy (non-hydrogen) atoms. The summed E-state index contributed by atoms with van der Waals surface area (Å²) >= 11 is 0. The van der Waals surface area contributed by atoms with Gasteiger partial charge in [0.25, 0.3) is 0 Å². The molecule has 0 saturated carbocycles. The fourth-order valence-electron chi connectivity index (χ4n) is 0.881. The van der Waals surface area contributed by atoms with Gasteiger partial charge in [0, 0.05) is 0 Å². The van der Waals surface area contributed by atoms with Gasteiger partial charge in [-0.2, -0.15) is 0 Å². The molecule has 54 valence electrons. The van der Waals surface area contributed by atoms with Gasteiger partial charge in [0.15, 0.2) is 0 Å². The smallest absolute Gasteiger partial charge is 0.687 e. The van der Waals surface area contributed by atoms with Crippen molar-refractivity contribution < 1.29 is 29.6 Å². The fourth-order valence-corrected chi connectivity index (χ4v) is 0.881. The largest absolute Gasteiger partial charge is 1.00 e. The van der Waals surface area contributed by atoms with Crippen molar-refractivity contribution in [3.63, 3.8) is 0 Å². The van der Waals surface area contributed by atoms with Crippen LogP contribution in [-0.4, -0.2) is 7.05 Å². The molecule has 0 spiro atoms. The summed E-state index contributed by atoms with van der Waals surface area (Å²) < 4.78 is 0. The van der Waals surface area contributed by atoms with Crippen molar-refractivity contribution in [3.8, 4) is 0 Å². The molecule has 1 aromatic carbocycles. The van der Waals surface area contributed by atoms with Gasteiger partial charge in [-0.15, -0.1) is 12.7 Å². The summed E-state index contributed by atoms with van der Waals surface area (Å²) in [4.78, 5) is 0. The van der Waals surface area contributed by atoms with E-state index in [1.165, 1.54) is 5.56 Å². The van der Waals surface area contributed by atoms with Gasteiger partial charge in [0.1, 0.15) is 0 Å². The van der Waals surface area contributed by atoms with E-state index in [0.29, 0.717) is 0 Å². The number of nitrogens with zero attached hydrogens (tertiary/aromatic N) is 1. The second-order valence-electron chi connectivity index (χ2n) is 2.24. The monoisotopic (exact) mass is 157 g/mol. The summed E-state index contributed by atoms with van der Waals surface area (Å²) in [6, 6.07) is 8.31. The molecular formula is C9H12NNa. The van der Waals surface area contributed by atoms with Crippen LogP contribution in [0.4, 0.5) is 5.69 Å². The van der Waals surface area contributed by atoms with Gasteiger partial charge in [-0.25, -0.2) is 0 Å². The summed E-state index contributed by atoms with van der Waals surface area (Å²) in [7, 11) is 1.81. The maximum atomic E-state index is 4.05. The molecule has 2 heteroatoms. The first kappa shape index (κ1) is 11.0. The molecule has 0 fully saturated rings. The first-order chi connectivity index (χ1) is 4.86. The van der Waals surface area contributed by atoms with E-state index >= 15 is 0 Å². The molecule has 0 atom stereocenters. The number of benzene rings is 1. The predicted octanol–water partition coefficient (Wildman–Crippen LogP) is -0.112. The molecule has 0 aliphatic carbocycles. The summed E-state index contributed by atoms with van der Waals surface area (Å²) in [5.41, 5.74) is 2.42. The van der Waals surface area contributed by atoms with Crippen molar-refractivity contribution in [1.29, 1.82) is 0 Å². The maximum Gasteiger partial charge on any atom is 1.00 e. The zero-order valence-corrected chi connectivity index (χ0v) is 9.46. The normalized spacial score (nSPS) is 8.55. The van der Waals surface area contributed by atoms with Crippen LogP contribution >= 0.6 is 0 Å². The Morgan fingerprint density at radius 3 is 2.09 bits per heavy atom. The summed E-state index contributed by atoms with van der Waals surface area (Å²) in [6.45, 7) is 2.15. The van der Waals surface area contributed by atoms with Crippen molar-refractivity contribution in [2.45, 2.75) is 13.3 Å². The van der Waals surface area contributed by atoms with E-state index in [1.807, 2.05) is 12.1 Å². The van der Waals surface area contributed by atoms with Gasteiger partial charge >= 0.3 is 29.6 Å². The van der Waals surface area contributed by atoms with Crippen LogP contribution in [0.2, 0.25) is 0 Å². The number of aryl methyl sites for hydroxylation is 1. The molecule has 0 N–H and O–H groups in total. The minimum atomic E-state index is 0. The average Bonchev–Trinajstić information content (AvgIpc) is 2.05. The van der Waals surface area contributed by atoms with Gasteiger partial charge in [-0.05, 0) is 12.0 Å². The van der Waals surface area contributed by atoms with E-state index in [4.69, 9.17) is 0 Å². The number of hydrogen-bond acceptors (Lipinski definition) is 0. The Morgan fingerprint density at radius 1 is 1.18 bits per heavy atom. The first-order valence-corrected chi connectivity index (χ1v) is 3.55. The molecule has 0 aliphatic rings. The van der Waals surface area contributed by atoms with E-state index in [9.17, 15) is 0 Å². The van der Waals surface area contributed by atoms with Crippen LogP contribution in [0.3, 0.4) is 0 Å². The summed E-state index contributed by atoms with van der Waals surface area (Å²) in [6.07, 6.45) is 1.10. The first-order valence-electron chi connectivity index (χ1n) is 3.55. The molecule has 0 aromatic heterocycles. The van der Waals surface area contributed by atoms with Crippen LogP contribution in [0, 0.1) is 0 Å². The second kappa shape index (κ2) is 5.64. The van der Waals surface area contributed by atoms with Crippen LogP contribution in [0.15, 0.2) is 24.3 Å². The van der Waals surface area contributed by atoms with E-state index in [2.05, 4.69) is 24.4 Å². The molecule has 1 rings (SSSR count). The standard InChI is InChI=1S/C9H12N.Na/c1-3-8-4-6-9(10-2)7-5-8;/h4-7H,3H2,1-2H3;/q-1;+1. The van der Waals surface area contributed by atoms with Crippen molar-refractivity contribution in [3.05, 3.63) is 35.1 Å². The maximum absolute atomic E-state index is 4.05. The van der Waals surface area contributed by atoms with Gasteiger partial charge in [-0.1, -0.05) is 31.2 Å². The fraction of sp³-hybridized carbons (Fsp3) is 0.333. The van der Waals surface area contributed by atoms with Crippen molar-refractivity contribution >= 4 is 5.69 Å². The molecule has 0 bridgehead atoms. The van der Waals surface area contributed by atoms with Gasteiger partial charge in [0.05, 0.1) is 0 Å². The van der Waals surface area contributed by atoms with E-state index in [0.717, 1.165) is 12.1 Å². The molecule has 0 radical (unpaired) electrons. The Morgan fingerprint density at radius 2 is 1.73 bits per heavy atom. The van der Waals surface area contributed by atoms with Crippen LogP contribution in [0.1, 0.15) is 12.5 Å². The Bertz CT molecular complexity index is 170. The number of rotatable bonds is 2. The molecule has 0 heterocycles. The summed E-state index contributed by atoms with van der Waals surface area (Å²) in [5.74, 6) is 0. The Labute approximate surface area is 90.5 Å². The number of hydrogen-bond donors (Lipinski definition) is 0. The molecule has 1 nitrogen and oxygen atoms in total. The Hall–Kier alpha value is 0.0200. The molecule has 1 aromatic rings. The molecule has 0 saturated heterocycles. The van der Waals surface area contributed by atoms with Crippen molar-refractivity contribution in [2.24, 2.45) is 0 Å². The Balaban J connectivity index is 0.000001000. The quantitative estimate of drug-likeness (QED) is 0.532. The third kappa shape index (κ3) is 3.28. The van der Waals surface area contributed by atoms with E-state index < -0.39 is 0 Å². The predicted molar refractivity (Wildman–Crippen MR) is 44.8 cm³/mol. The van der Waals surface area contributed by atoms with Gasteiger partial charge < -0.3 is 5.32 Å². The zero-order valence-electron chi connectivity index (χ0n) is 7.46. The van der Waals surface area contributed by atoms with Gasteiger partial charge in [0.2, 0.25) is 0 Å². The second-order valence-corrected chi connectivity index (χ2v) is 2.24. The molecule has 0 unspecified atom stereocenters. The van der Waals surface area contributed by atoms with Crippen LogP contribution in [0.5, 0.6) is 0 Å². The van der Waals surface area contributed by atoms with E-state index in [1.54, 1.807) is 7.05 Å². The third-order valence-corrected chi connectivity index (χ3v) is 1.60.